The van der Waals surface area contributed by atoms with Crippen molar-refractivity contribution in [2.24, 2.45) is 5.73 Å². The van der Waals surface area contributed by atoms with Gasteiger partial charge in [-0.3, -0.25) is 4.79 Å². The lowest BCUT2D eigenvalue weighted by atomic mass is 10.1. The van der Waals surface area contributed by atoms with Crippen molar-refractivity contribution < 1.29 is 19.1 Å². The number of furan rings is 1. The number of nitrogens with two attached hydrogens (primary N) is 1. The van der Waals surface area contributed by atoms with E-state index in [0.29, 0.717) is 22.6 Å². The first-order valence-electron chi connectivity index (χ1n) is 6.51. The van der Waals surface area contributed by atoms with E-state index in [1.54, 1.807) is 37.4 Å². The van der Waals surface area contributed by atoms with Crippen molar-refractivity contribution in [1.29, 1.82) is 0 Å². The molecule has 0 radical (unpaired) electrons. The van der Waals surface area contributed by atoms with Crippen LogP contribution in [0.1, 0.15) is 27.8 Å². The van der Waals surface area contributed by atoms with Gasteiger partial charge in [0, 0.05) is 6.54 Å². The van der Waals surface area contributed by atoms with Gasteiger partial charge >= 0.3 is 0 Å². The number of benzene rings is 1. The van der Waals surface area contributed by atoms with Crippen LogP contribution in [0.25, 0.3) is 0 Å². The molecule has 21 heavy (non-hydrogen) atoms. The Hall–Kier alpha value is -2.31. The molecule has 1 amide bonds. The number of hydrogen-bond acceptors (Lipinski definition) is 5. The highest BCUT2D eigenvalue weighted by Crippen LogP contribution is 2.18. The molecular formula is C15H18N2O4. The number of amides is 1. The van der Waals surface area contributed by atoms with Gasteiger partial charge in [-0.2, -0.15) is 0 Å². The molecule has 1 heterocycles. The van der Waals surface area contributed by atoms with Crippen molar-refractivity contribution in [2.45, 2.75) is 12.6 Å². The molecule has 0 aliphatic rings. The second-order valence-corrected chi connectivity index (χ2v) is 4.51. The summed E-state index contributed by atoms with van der Waals surface area (Å²) in [5, 5.41) is 12.7. The molecule has 1 aromatic carbocycles. The Morgan fingerprint density at radius 2 is 2.29 bits per heavy atom. The van der Waals surface area contributed by atoms with Gasteiger partial charge in [0.1, 0.15) is 17.8 Å². The summed E-state index contributed by atoms with van der Waals surface area (Å²) in [6.45, 7) is 0.328. The molecule has 6 heteroatoms. The molecule has 2 rings (SSSR count). The summed E-state index contributed by atoms with van der Waals surface area (Å²) in [6, 6.07) is 8.63. The topological polar surface area (TPSA) is 97.7 Å². The molecular weight excluding hydrogens is 272 g/mol. The van der Waals surface area contributed by atoms with Crippen molar-refractivity contribution in [3.8, 4) is 5.75 Å². The predicted octanol–water partition coefficient (Wildman–Crippen LogP) is 1.21. The van der Waals surface area contributed by atoms with E-state index < -0.39 is 6.10 Å². The van der Waals surface area contributed by atoms with Crippen molar-refractivity contribution in [1.82, 2.24) is 5.32 Å². The first-order chi connectivity index (χ1) is 10.1. The number of rotatable bonds is 6. The van der Waals surface area contributed by atoms with E-state index in [0.717, 1.165) is 0 Å². The zero-order valence-corrected chi connectivity index (χ0v) is 11.7. The van der Waals surface area contributed by atoms with Crippen LogP contribution in [0.4, 0.5) is 0 Å². The molecule has 6 nitrogen and oxygen atoms in total. The number of nitrogens with one attached hydrogen (secondary N) is 1. The second-order valence-electron chi connectivity index (χ2n) is 4.51. The summed E-state index contributed by atoms with van der Waals surface area (Å²) in [4.78, 5) is 11.9. The summed E-state index contributed by atoms with van der Waals surface area (Å²) in [7, 11) is 1.56. The lowest BCUT2D eigenvalue weighted by Gasteiger charge is -2.12. The molecule has 0 aliphatic carbocycles. The normalized spacial score (nSPS) is 12.0. The number of aliphatic hydroxyl groups excluding tert-OH is 1. The SMILES string of the molecule is COc1cccc(C(O)CNC(=O)c2coc(CN)c2)c1. The Bertz CT molecular complexity index is 609. The Morgan fingerprint density at radius 1 is 1.48 bits per heavy atom. The number of hydrogen-bond donors (Lipinski definition) is 3. The highest BCUT2D eigenvalue weighted by Gasteiger charge is 2.13. The van der Waals surface area contributed by atoms with E-state index in [2.05, 4.69) is 5.32 Å². The molecule has 4 N–H and O–H groups in total. The monoisotopic (exact) mass is 290 g/mol. The van der Waals surface area contributed by atoms with Crippen LogP contribution in [-0.2, 0) is 6.54 Å². The van der Waals surface area contributed by atoms with E-state index in [1.807, 2.05) is 0 Å². The van der Waals surface area contributed by atoms with Gasteiger partial charge in [0.15, 0.2) is 0 Å². The maximum Gasteiger partial charge on any atom is 0.254 e. The summed E-state index contributed by atoms with van der Waals surface area (Å²) in [5.41, 5.74) is 6.47. The molecule has 112 valence electrons. The molecule has 0 spiro atoms. The first kappa shape index (κ1) is 15.1. The molecule has 0 fully saturated rings. The zero-order chi connectivity index (χ0) is 15.2. The van der Waals surface area contributed by atoms with Gasteiger partial charge in [0.25, 0.3) is 5.91 Å². The number of ether oxygens (including phenoxy) is 1. The highest BCUT2D eigenvalue weighted by molar-refractivity contribution is 5.93. The third-order valence-electron chi connectivity index (χ3n) is 3.05. The van der Waals surface area contributed by atoms with Crippen LogP contribution in [0.3, 0.4) is 0 Å². The van der Waals surface area contributed by atoms with Gasteiger partial charge in [-0.1, -0.05) is 12.1 Å². The summed E-state index contributed by atoms with van der Waals surface area (Å²) in [5.74, 6) is 0.870. The lowest BCUT2D eigenvalue weighted by molar-refractivity contribution is 0.0915. The average molecular weight is 290 g/mol. The third-order valence-corrected chi connectivity index (χ3v) is 3.05. The van der Waals surface area contributed by atoms with E-state index in [1.165, 1.54) is 6.26 Å². The second kappa shape index (κ2) is 6.92. The van der Waals surface area contributed by atoms with Crippen LogP contribution in [0.2, 0.25) is 0 Å². The van der Waals surface area contributed by atoms with Gasteiger partial charge in [-0.05, 0) is 23.8 Å². The van der Waals surface area contributed by atoms with E-state index in [-0.39, 0.29) is 19.0 Å². The highest BCUT2D eigenvalue weighted by atomic mass is 16.5. The summed E-state index contributed by atoms with van der Waals surface area (Å²) < 4.78 is 10.2. The van der Waals surface area contributed by atoms with E-state index in [4.69, 9.17) is 14.9 Å². The molecule has 0 bridgehead atoms. The van der Waals surface area contributed by atoms with Crippen molar-refractivity contribution >= 4 is 5.91 Å². The quantitative estimate of drug-likeness (QED) is 0.743. The van der Waals surface area contributed by atoms with Crippen LogP contribution in [-0.4, -0.2) is 24.7 Å². The Kier molecular flexibility index (Phi) is 4.97. The van der Waals surface area contributed by atoms with Crippen LogP contribution in [0, 0.1) is 0 Å². The molecule has 1 aromatic heterocycles. The lowest BCUT2D eigenvalue weighted by Crippen LogP contribution is -2.28. The standard InChI is InChI=1S/C15H18N2O4/c1-20-12-4-2-3-10(5-12)14(18)8-17-15(19)11-6-13(7-16)21-9-11/h2-6,9,14,18H,7-8,16H2,1H3,(H,17,19). The maximum atomic E-state index is 11.9. The minimum Gasteiger partial charge on any atom is -0.497 e. The first-order valence-corrected chi connectivity index (χ1v) is 6.51. The smallest absolute Gasteiger partial charge is 0.254 e. The van der Waals surface area contributed by atoms with Crippen LogP contribution in [0.5, 0.6) is 5.75 Å². The fourth-order valence-electron chi connectivity index (χ4n) is 1.86. The number of methoxy groups -OCH3 is 1. The maximum absolute atomic E-state index is 11.9. The van der Waals surface area contributed by atoms with Crippen LogP contribution in [0.15, 0.2) is 41.0 Å². The van der Waals surface area contributed by atoms with Gasteiger partial charge in [-0.25, -0.2) is 0 Å². The predicted molar refractivity (Wildman–Crippen MR) is 76.9 cm³/mol. The zero-order valence-electron chi connectivity index (χ0n) is 11.7. The molecule has 0 saturated heterocycles. The molecule has 0 saturated carbocycles. The van der Waals surface area contributed by atoms with Crippen molar-refractivity contribution in [3.05, 3.63) is 53.5 Å². The molecule has 1 unspecified atom stereocenters. The van der Waals surface area contributed by atoms with Gasteiger partial charge in [0.2, 0.25) is 0 Å². The molecule has 1 atom stereocenters. The minimum absolute atomic E-state index is 0.0924. The van der Waals surface area contributed by atoms with Gasteiger partial charge in [-0.15, -0.1) is 0 Å². The average Bonchev–Trinajstić information content (AvgIpc) is 3.01. The van der Waals surface area contributed by atoms with Crippen LogP contribution >= 0.6 is 0 Å². The Morgan fingerprint density at radius 3 is 2.95 bits per heavy atom. The third kappa shape index (κ3) is 3.84. The minimum atomic E-state index is -0.815. The van der Waals surface area contributed by atoms with Crippen LogP contribution < -0.4 is 15.8 Å². The van der Waals surface area contributed by atoms with Gasteiger partial charge in [0.05, 0.1) is 25.3 Å². The summed E-state index contributed by atoms with van der Waals surface area (Å²) >= 11 is 0. The number of aliphatic hydroxyl groups is 1. The number of carbonyl (C=O) groups is 1. The largest absolute Gasteiger partial charge is 0.497 e. The fourth-order valence-corrected chi connectivity index (χ4v) is 1.86. The van der Waals surface area contributed by atoms with Crippen molar-refractivity contribution in [2.75, 3.05) is 13.7 Å². The summed E-state index contributed by atoms with van der Waals surface area (Å²) in [6.07, 6.45) is 0.528. The number of carbonyl (C=O) groups excluding carboxylic acids is 1. The van der Waals surface area contributed by atoms with E-state index in [9.17, 15) is 9.90 Å². The van der Waals surface area contributed by atoms with Crippen molar-refractivity contribution in [3.63, 3.8) is 0 Å². The molecule has 0 aliphatic heterocycles. The van der Waals surface area contributed by atoms with E-state index >= 15 is 0 Å². The van der Waals surface area contributed by atoms with Gasteiger partial charge < -0.3 is 25.3 Å². The Labute approximate surface area is 122 Å². The molecule has 2 aromatic rings. The Balaban J connectivity index is 1.93. The fraction of sp³-hybridized carbons (Fsp3) is 0.267.